The van der Waals surface area contributed by atoms with E-state index in [0.29, 0.717) is 0 Å². The van der Waals surface area contributed by atoms with E-state index in [2.05, 4.69) is 0 Å². The fraction of sp³-hybridized carbons (Fsp3) is 1.00. The van der Waals surface area contributed by atoms with Gasteiger partial charge in [-0.2, -0.15) is 8.42 Å². The van der Waals surface area contributed by atoms with Crippen LogP contribution >= 0.6 is 0 Å². The summed E-state index contributed by atoms with van der Waals surface area (Å²) in [5, 5.41) is 0. The lowest BCUT2D eigenvalue weighted by molar-refractivity contribution is 0.167. The van der Waals surface area contributed by atoms with Gasteiger partial charge < -0.3 is 6.15 Å². The van der Waals surface area contributed by atoms with Crippen LogP contribution in [0.1, 0.15) is 12.8 Å². The highest BCUT2D eigenvalue weighted by atomic mass is 32.2. The molecule has 0 aliphatic rings. The van der Waals surface area contributed by atoms with Crippen molar-refractivity contribution in [3.8, 4) is 0 Å². The highest BCUT2D eigenvalue weighted by Crippen LogP contribution is 2.12. The summed E-state index contributed by atoms with van der Waals surface area (Å²) >= 11 is 0. The third-order valence-electron chi connectivity index (χ3n) is 1.38. The smallest absolute Gasteiger partial charge is 0.267 e. The molecule has 4 N–H and O–H groups in total. The molecular formula is C6H14F3NO3S. The Labute approximate surface area is 80.8 Å². The van der Waals surface area contributed by atoms with Gasteiger partial charge in [-0.05, 0) is 12.8 Å². The summed E-state index contributed by atoms with van der Waals surface area (Å²) < 4.78 is 65.0. The Morgan fingerprint density at radius 3 is 2.07 bits per heavy atom. The van der Waals surface area contributed by atoms with E-state index < -0.39 is 34.9 Å². The Bertz CT molecular complexity index is 234. The summed E-state index contributed by atoms with van der Waals surface area (Å²) in [5.41, 5.74) is 0. The van der Waals surface area contributed by atoms with E-state index in [0.717, 1.165) is 0 Å². The van der Waals surface area contributed by atoms with Crippen molar-refractivity contribution < 1.29 is 26.1 Å². The second kappa shape index (κ2) is 7.02. The molecule has 0 aromatic heterocycles. The molecule has 0 fully saturated rings. The van der Waals surface area contributed by atoms with Gasteiger partial charge in [0, 0.05) is 0 Å². The Hall–Kier alpha value is -0.340. The van der Waals surface area contributed by atoms with E-state index in [4.69, 9.17) is 4.55 Å². The topological polar surface area (TPSA) is 89.4 Å². The number of hydrogen-bond acceptors (Lipinski definition) is 3. The molecule has 0 radical (unpaired) electrons. The second-order valence-corrected chi connectivity index (χ2v) is 4.11. The van der Waals surface area contributed by atoms with Crippen LogP contribution in [0.3, 0.4) is 0 Å². The standard InChI is InChI=1S/C6H11F3O3S.H3N/c7-3-1-2-5(8)6(9)4-13(10,11)12;/h5-6H,1-4H2,(H,10,11,12);1H3. The van der Waals surface area contributed by atoms with Crippen molar-refractivity contribution in [1.29, 1.82) is 0 Å². The maximum Gasteiger partial charge on any atom is 0.267 e. The molecule has 0 amide bonds. The molecule has 0 aliphatic carbocycles. The Morgan fingerprint density at radius 2 is 1.71 bits per heavy atom. The van der Waals surface area contributed by atoms with Gasteiger partial charge in [0.05, 0.1) is 6.67 Å². The van der Waals surface area contributed by atoms with Crippen molar-refractivity contribution in [1.82, 2.24) is 6.15 Å². The van der Waals surface area contributed by atoms with E-state index in [1.165, 1.54) is 0 Å². The van der Waals surface area contributed by atoms with Gasteiger partial charge >= 0.3 is 0 Å². The van der Waals surface area contributed by atoms with Gasteiger partial charge in [0.1, 0.15) is 18.1 Å². The molecule has 88 valence electrons. The van der Waals surface area contributed by atoms with Crippen molar-refractivity contribution in [2.75, 3.05) is 12.4 Å². The summed E-state index contributed by atoms with van der Waals surface area (Å²) in [6.45, 7) is -0.779. The lowest BCUT2D eigenvalue weighted by Crippen LogP contribution is -2.26. The van der Waals surface area contributed by atoms with Crippen LogP contribution in [0.5, 0.6) is 0 Å². The van der Waals surface area contributed by atoms with E-state index in [1.807, 2.05) is 0 Å². The molecule has 0 rings (SSSR count). The summed E-state index contributed by atoms with van der Waals surface area (Å²) in [5.74, 6) is -1.28. The third kappa shape index (κ3) is 8.27. The molecule has 0 aliphatic heterocycles. The van der Waals surface area contributed by atoms with Crippen molar-refractivity contribution in [2.24, 2.45) is 0 Å². The van der Waals surface area contributed by atoms with Gasteiger partial charge in [0.2, 0.25) is 0 Å². The molecule has 8 heteroatoms. The largest absolute Gasteiger partial charge is 0.344 e. The molecule has 14 heavy (non-hydrogen) atoms. The SMILES string of the molecule is N.O=S(=O)(O)CC(F)C(F)CCCF. The van der Waals surface area contributed by atoms with E-state index in [1.54, 1.807) is 0 Å². The zero-order chi connectivity index (χ0) is 10.5. The van der Waals surface area contributed by atoms with Gasteiger partial charge in [-0.3, -0.25) is 8.94 Å². The summed E-state index contributed by atoms with van der Waals surface area (Å²) in [7, 11) is -4.50. The molecule has 0 bridgehead atoms. The lowest BCUT2D eigenvalue weighted by atomic mass is 10.1. The van der Waals surface area contributed by atoms with Crippen LogP contribution < -0.4 is 6.15 Å². The average Bonchev–Trinajstić information content (AvgIpc) is 1.96. The first-order valence-corrected chi connectivity index (χ1v) is 5.27. The minimum atomic E-state index is -4.50. The maximum atomic E-state index is 12.6. The maximum absolute atomic E-state index is 12.6. The van der Waals surface area contributed by atoms with Crippen molar-refractivity contribution in [3.05, 3.63) is 0 Å². The average molecular weight is 237 g/mol. The molecular weight excluding hydrogens is 223 g/mol. The quantitative estimate of drug-likeness (QED) is 0.684. The van der Waals surface area contributed by atoms with Crippen LogP contribution in [0.4, 0.5) is 13.2 Å². The monoisotopic (exact) mass is 237 g/mol. The van der Waals surface area contributed by atoms with Gasteiger partial charge in [-0.1, -0.05) is 0 Å². The van der Waals surface area contributed by atoms with Crippen molar-refractivity contribution in [2.45, 2.75) is 25.2 Å². The van der Waals surface area contributed by atoms with Crippen LogP contribution in [-0.2, 0) is 10.1 Å². The first-order chi connectivity index (χ1) is 5.87. The van der Waals surface area contributed by atoms with Gasteiger partial charge in [-0.15, -0.1) is 0 Å². The van der Waals surface area contributed by atoms with Crippen LogP contribution in [0.25, 0.3) is 0 Å². The molecule has 0 aromatic rings. The highest BCUT2D eigenvalue weighted by molar-refractivity contribution is 7.85. The summed E-state index contributed by atoms with van der Waals surface area (Å²) in [6, 6.07) is 0. The fourth-order valence-corrected chi connectivity index (χ4v) is 1.37. The first kappa shape index (κ1) is 16.1. The lowest BCUT2D eigenvalue weighted by Gasteiger charge is -2.10. The molecule has 0 spiro atoms. The minimum absolute atomic E-state index is 0. The molecule has 0 aromatic carbocycles. The second-order valence-electron chi connectivity index (χ2n) is 2.61. The molecule has 0 heterocycles. The van der Waals surface area contributed by atoms with Crippen LogP contribution in [-0.4, -0.2) is 37.7 Å². The fourth-order valence-electron chi connectivity index (χ4n) is 0.759. The van der Waals surface area contributed by atoms with E-state index in [-0.39, 0.29) is 19.0 Å². The van der Waals surface area contributed by atoms with Crippen molar-refractivity contribution in [3.63, 3.8) is 0 Å². The van der Waals surface area contributed by atoms with Gasteiger partial charge in [-0.25, -0.2) is 8.78 Å². The summed E-state index contributed by atoms with van der Waals surface area (Å²) in [6.07, 6.45) is -4.88. The van der Waals surface area contributed by atoms with Crippen LogP contribution in [0.2, 0.25) is 0 Å². The Morgan fingerprint density at radius 1 is 1.21 bits per heavy atom. The van der Waals surface area contributed by atoms with Gasteiger partial charge in [0.15, 0.2) is 0 Å². The number of hydrogen-bond donors (Lipinski definition) is 2. The highest BCUT2D eigenvalue weighted by Gasteiger charge is 2.25. The predicted octanol–water partition coefficient (Wildman–Crippen LogP) is 1.46. The van der Waals surface area contributed by atoms with E-state index in [9.17, 15) is 21.6 Å². The Kier molecular flexibility index (Phi) is 8.07. The molecule has 0 saturated carbocycles. The van der Waals surface area contributed by atoms with Crippen LogP contribution in [0, 0.1) is 0 Å². The number of rotatable bonds is 6. The molecule has 0 saturated heterocycles. The van der Waals surface area contributed by atoms with Gasteiger partial charge in [0.25, 0.3) is 10.1 Å². The molecule has 4 nitrogen and oxygen atoms in total. The Balaban J connectivity index is 0. The molecule has 2 unspecified atom stereocenters. The van der Waals surface area contributed by atoms with Crippen LogP contribution in [0.15, 0.2) is 0 Å². The van der Waals surface area contributed by atoms with E-state index >= 15 is 0 Å². The van der Waals surface area contributed by atoms with Crippen molar-refractivity contribution >= 4 is 10.1 Å². The number of halogens is 3. The molecule has 2 atom stereocenters. The predicted molar refractivity (Wildman–Crippen MR) is 46.4 cm³/mol. The third-order valence-corrected chi connectivity index (χ3v) is 2.12. The zero-order valence-corrected chi connectivity index (χ0v) is 8.31. The number of alkyl halides is 3. The normalized spacial score (nSPS) is 15.7. The first-order valence-electron chi connectivity index (χ1n) is 3.66. The zero-order valence-electron chi connectivity index (χ0n) is 7.50. The summed E-state index contributed by atoms with van der Waals surface area (Å²) in [4.78, 5) is 0. The minimum Gasteiger partial charge on any atom is -0.344 e.